The fourth-order valence-electron chi connectivity index (χ4n) is 3.26. The van der Waals surface area contributed by atoms with E-state index in [-0.39, 0.29) is 5.60 Å². The molecule has 1 aliphatic rings. The third-order valence-electron chi connectivity index (χ3n) is 4.88. The molecule has 0 bridgehead atoms. The Morgan fingerprint density at radius 1 is 1.19 bits per heavy atom. The largest absolute Gasteiger partial charge is 0.369 e. The van der Waals surface area contributed by atoms with Gasteiger partial charge in [0.05, 0.1) is 17.6 Å². The number of rotatable bonds is 6. The fraction of sp³-hybridized carbons (Fsp3) is 0.611. The monoisotopic (exact) mass is 408 g/mol. The van der Waals surface area contributed by atoms with Crippen molar-refractivity contribution in [2.24, 2.45) is 0 Å². The molecule has 0 fully saturated rings. The minimum atomic E-state index is -0.103. The van der Waals surface area contributed by atoms with E-state index in [4.69, 9.17) is 9.72 Å². The van der Waals surface area contributed by atoms with E-state index >= 15 is 0 Å². The Bertz CT molecular complexity index is 951. The van der Waals surface area contributed by atoms with Gasteiger partial charge in [-0.25, -0.2) is 9.38 Å². The highest BCUT2D eigenvalue weighted by atomic mass is 32.2. The summed E-state index contributed by atoms with van der Waals surface area (Å²) in [4.78, 5) is 7.40. The highest BCUT2D eigenvalue weighted by Gasteiger charge is 2.33. The van der Waals surface area contributed by atoms with Gasteiger partial charge in [-0.3, -0.25) is 0 Å². The highest BCUT2D eigenvalue weighted by molar-refractivity contribution is 7.99. The standard InChI is InChI=1S/C18H24N4OS3/c1-5-8-25-16-19-15-13(14-20-21-17(22(14)16)24-7-3)11-9-18(4,6-2)23-10-12(11)26-15/h5-10H2,1-4H3/t18-/m0/s1. The van der Waals surface area contributed by atoms with Crippen LogP contribution >= 0.6 is 34.9 Å². The number of thiophene rings is 1. The van der Waals surface area contributed by atoms with Gasteiger partial charge in [0, 0.05) is 17.1 Å². The molecule has 0 N–H and O–H groups in total. The van der Waals surface area contributed by atoms with Crippen molar-refractivity contribution in [3.63, 3.8) is 0 Å². The first kappa shape index (κ1) is 18.5. The van der Waals surface area contributed by atoms with Gasteiger partial charge >= 0.3 is 0 Å². The number of fused-ring (bicyclic) bond motifs is 5. The quantitative estimate of drug-likeness (QED) is 0.413. The maximum atomic E-state index is 6.15. The summed E-state index contributed by atoms with van der Waals surface area (Å²) >= 11 is 5.28. The molecule has 1 atom stereocenters. The molecule has 140 valence electrons. The lowest BCUT2D eigenvalue weighted by Gasteiger charge is -2.33. The smallest absolute Gasteiger partial charge is 0.197 e. The van der Waals surface area contributed by atoms with E-state index in [1.54, 1.807) is 34.9 Å². The molecular formula is C18H24N4OS3. The predicted molar refractivity (Wildman–Crippen MR) is 111 cm³/mol. The van der Waals surface area contributed by atoms with E-state index in [9.17, 15) is 0 Å². The van der Waals surface area contributed by atoms with Crippen LogP contribution in [0.15, 0.2) is 10.3 Å². The Hall–Kier alpha value is -0.830. The number of aromatic nitrogens is 4. The van der Waals surface area contributed by atoms with Gasteiger partial charge in [-0.05, 0) is 31.1 Å². The first-order valence-electron chi connectivity index (χ1n) is 9.19. The third kappa shape index (κ3) is 3.04. The molecule has 0 amide bonds. The van der Waals surface area contributed by atoms with Gasteiger partial charge in [0.2, 0.25) is 0 Å². The van der Waals surface area contributed by atoms with Gasteiger partial charge in [0.1, 0.15) is 4.83 Å². The van der Waals surface area contributed by atoms with Crippen molar-refractivity contribution in [3.8, 4) is 0 Å². The molecule has 0 saturated heterocycles. The van der Waals surface area contributed by atoms with Crippen LogP contribution in [0.2, 0.25) is 0 Å². The van der Waals surface area contributed by atoms with Gasteiger partial charge < -0.3 is 4.74 Å². The number of hydrogen-bond donors (Lipinski definition) is 0. The molecule has 0 saturated carbocycles. The Morgan fingerprint density at radius 2 is 2.04 bits per heavy atom. The van der Waals surface area contributed by atoms with Crippen molar-refractivity contribution < 1.29 is 4.74 Å². The van der Waals surface area contributed by atoms with Gasteiger partial charge in [0.25, 0.3) is 0 Å². The maximum Gasteiger partial charge on any atom is 0.197 e. The summed E-state index contributed by atoms with van der Waals surface area (Å²) in [5.74, 6) is 2.02. The molecule has 4 heterocycles. The summed E-state index contributed by atoms with van der Waals surface area (Å²) in [5, 5.41) is 12.2. The average Bonchev–Trinajstić information content (AvgIpc) is 3.21. The number of nitrogens with zero attached hydrogens (tertiary/aromatic N) is 4. The summed E-state index contributed by atoms with van der Waals surface area (Å²) in [5.41, 5.74) is 2.22. The highest BCUT2D eigenvalue weighted by Crippen LogP contribution is 2.42. The summed E-state index contributed by atoms with van der Waals surface area (Å²) in [6, 6.07) is 0. The van der Waals surface area contributed by atoms with Crippen LogP contribution in [-0.4, -0.2) is 36.7 Å². The minimum Gasteiger partial charge on any atom is -0.369 e. The van der Waals surface area contributed by atoms with E-state index in [1.165, 1.54) is 15.8 Å². The molecule has 1 aliphatic heterocycles. The zero-order valence-electron chi connectivity index (χ0n) is 15.7. The van der Waals surface area contributed by atoms with Crippen LogP contribution in [0.25, 0.3) is 15.9 Å². The van der Waals surface area contributed by atoms with Crippen LogP contribution in [0.5, 0.6) is 0 Å². The van der Waals surface area contributed by atoms with E-state index in [1.807, 2.05) is 0 Å². The lowest BCUT2D eigenvalue weighted by atomic mass is 9.90. The topological polar surface area (TPSA) is 52.3 Å². The van der Waals surface area contributed by atoms with E-state index < -0.39 is 0 Å². The molecule has 5 nitrogen and oxygen atoms in total. The molecule has 0 aliphatic carbocycles. The number of thioether (sulfide) groups is 2. The summed E-state index contributed by atoms with van der Waals surface area (Å²) < 4.78 is 8.32. The minimum absolute atomic E-state index is 0.103. The molecule has 0 unspecified atom stereocenters. The third-order valence-corrected chi connectivity index (χ3v) is 7.93. The second kappa shape index (κ2) is 7.30. The molecule has 3 aromatic rings. The zero-order valence-corrected chi connectivity index (χ0v) is 18.1. The molecule has 0 aromatic carbocycles. The number of ether oxygens (including phenoxy) is 1. The predicted octanol–water partition coefficient (Wildman–Crippen LogP) is 5.19. The molecule has 26 heavy (non-hydrogen) atoms. The van der Waals surface area contributed by atoms with Gasteiger partial charge in [-0.1, -0.05) is 44.3 Å². The van der Waals surface area contributed by atoms with Crippen LogP contribution < -0.4 is 0 Å². The molecule has 0 radical (unpaired) electrons. The van der Waals surface area contributed by atoms with E-state index in [0.29, 0.717) is 6.61 Å². The Morgan fingerprint density at radius 3 is 2.77 bits per heavy atom. The van der Waals surface area contributed by atoms with Crippen molar-refractivity contribution in [3.05, 3.63) is 10.4 Å². The summed E-state index contributed by atoms with van der Waals surface area (Å²) in [6.45, 7) is 9.42. The van der Waals surface area contributed by atoms with Gasteiger partial charge in [0.15, 0.2) is 16.0 Å². The first-order valence-corrected chi connectivity index (χ1v) is 12.0. The Labute approximate surface area is 166 Å². The van der Waals surface area contributed by atoms with Crippen LogP contribution in [-0.2, 0) is 17.8 Å². The fourth-order valence-corrected chi connectivity index (χ4v) is 5.97. The molecule has 3 aromatic heterocycles. The van der Waals surface area contributed by atoms with Crippen molar-refractivity contribution in [1.82, 2.24) is 19.6 Å². The lowest BCUT2D eigenvalue weighted by molar-refractivity contribution is -0.0542. The normalized spacial score (nSPS) is 20.2. The molecular weight excluding hydrogens is 384 g/mol. The molecule has 8 heteroatoms. The Kier molecular flexibility index (Phi) is 5.20. The van der Waals surface area contributed by atoms with Crippen molar-refractivity contribution in [1.29, 1.82) is 0 Å². The van der Waals surface area contributed by atoms with Crippen LogP contribution in [0.1, 0.15) is 51.0 Å². The summed E-state index contributed by atoms with van der Waals surface area (Å²) in [6.07, 6.45) is 3.04. The van der Waals surface area contributed by atoms with Crippen molar-refractivity contribution >= 4 is 50.7 Å². The SMILES string of the molecule is CCCSc1nc2sc3c(c2c2nnc(SCC)n12)C[C@](C)(CC)OC3. The molecule has 0 spiro atoms. The van der Waals surface area contributed by atoms with Crippen LogP contribution in [0.3, 0.4) is 0 Å². The van der Waals surface area contributed by atoms with E-state index in [0.717, 1.165) is 51.6 Å². The number of hydrogen-bond acceptors (Lipinski definition) is 7. The summed E-state index contributed by atoms with van der Waals surface area (Å²) in [7, 11) is 0. The molecule has 4 rings (SSSR count). The average molecular weight is 409 g/mol. The zero-order chi connectivity index (χ0) is 18.3. The van der Waals surface area contributed by atoms with Crippen molar-refractivity contribution in [2.75, 3.05) is 11.5 Å². The van der Waals surface area contributed by atoms with E-state index in [2.05, 4.69) is 42.3 Å². The second-order valence-electron chi connectivity index (χ2n) is 6.77. The Balaban J connectivity index is 1.96. The van der Waals surface area contributed by atoms with Gasteiger partial charge in [-0.2, -0.15) is 0 Å². The van der Waals surface area contributed by atoms with Crippen LogP contribution in [0, 0.1) is 0 Å². The lowest BCUT2D eigenvalue weighted by Crippen LogP contribution is -2.33. The first-order chi connectivity index (χ1) is 12.6. The second-order valence-corrected chi connectivity index (χ2v) is 10.1. The van der Waals surface area contributed by atoms with Crippen molar-refractivity contribution in [2.45, 2.75) is 69.5 Å². The maximum absolute atomic E-state index is 6.15. The van der Waals surface area contributed by atoms with Gasteiger partial charge in [-0.15, -0.1) is 21.5 Å². The van der Waals surface area contributed by atoms with Crippen LogP contribution in [0.4, 0.5) is 0 Å².